The minimum atomic E-state index is 0.0601. The number of hydrogen-bond acceptors (Lipinski definition) is 3. The molecule has 4 nitrogen and oxygen atoms in total. The van der Waals surface area contributed by atoms with Crippen LogP contribution in [-0.4, -0.2) is 43.1 Å². The van der Waals surface area contributed by atoms with Gasteiger partial charge in [0, 0.05) is 25.7 Å². The summed E-state index contributed by atoms with van der Waals surface area (Å²) in [6.07, 6.45) is 0. The number of aryl methyl sites for hydroxylation is 1. The molecule has 1 atom stereocenters. The summed E-state index contributed by atoms with van der Waals surface area (Å²) in [6, 6.07) is 8.12. The van der Waals surface area contributed by atoms with Crippen LogP contribution < -0.4 is 10.1 Å². The Morgan fingerprint density at radius 2 is 2.39 bits per heavy atom. The Labute approximate surface area is 108 Å². The van der Waals surface area contributed by atoms with Crippen LogP contribution in [0, 0.1) is 6.92 Å². The van der Waals surface area contributed by atoms with E-state index in [0.29, 0.717) is 6.04 Å². The second-order valence-corrected chi connectivity index (χ2v) is 4.80. The van der Waals surface area contributed by atoms with Crippen molar-refractivity contribution in [3.8, 4) is 5.75 Å². The summed E-state index contributed by atoms with van der Waals surface area (Å²) in [7, 11) is 0. The van der Waals surface area contributed by atoms with Gasteiger partial charge in [-0.1, -0.05) is 12.1 Å². The van der Waals surface area contributed by atoms with E-state index >= 15 is 0 Å². The summed E-state index contributed by atoms with van der Waals surface area (Å²) in [5.74, 6) is 0.816. The third-order valence-electron chi connectivity index (χ3n) is 3.07. The number of nitrogens with one attached hydrogen (secondary N) is 1. The third-order valence-corrected chi connectivity index (χ3v) is 3.07. The van der Waals surface area contributed by atoms with Crippen LogP contribution in [0.25, 0.3) is 0 Å². The maximum Gasteiger partial charge on any atom is 0.260 e. The first kappa shape index (κ1) is 12.9. The first-order chi connectivity index (χ1) is 8.65. The Morgan fingerprint density at radius 1 is 1.56 bits per heavy atom. The van der Waals surface area contributed by atoms with Crippen LogP contribution in [0.2, 0.25) is 0 Å². The van der Waals surface area contributed by atoms with E-state index in [0.717, 1.165) is 30.9 Å². The molecule has 1 heterocycles. The number of nitrogens with zero attached hydrogens (tertiary/aromatic N) is 1. The fraction of sp³-hybridized carbons (Fsp3) is 0.500. The molecule has 1 saturated heterocycles. The molecule has 0 saturated carbocycles. The maximum atomic E-state index is 12.0. The van der Waals surface area contributed by atoms with Gasteiger partial charge in [-0.25, -0.2) is 0 Å². The van der Waals surface area contributed by atoms with Gasteiger partial charge in [0.2, 0.25) is 0 Å². The van der Waals surface area contributed by atoms with Crippen molar-refractivity contribution in [1.82, 2.24) is 10.2 Å². The molecular weight excluding hydrogens is 228 g/mol. The second kappa shape index (κ2) is 5.87. The normalized spacial score (nSPS) is 19.7. The van der Waals surface area contributed by atoms with E-state index in [1.165, 1.54) is 0 Å². The number of benzene rings is 1. The summed E-state index contributed by atoms with van der Waals surface area (Å²) in [6.45, 7) is 6.59. The second-order valence-electron chi connectivity index (χ2n) is 4.80. The molecule has 1 N–H and O–H groups in total. The van der Waals surface area contributed by atoms with Crippen LogP contribution >= 0.6 is 0 Å². The minimum absolute atomic E-state index is 0.0601. The molecule has 0 bridgehead atoms. The number of rotatable bonds is 3. The highest BCUT2D eigenvalue weighted by molar-refractivity contribution is 5.78. The van der Waals surface area contributed by atoms with Crippen LogP contribution in [-0.2, 0) is 4.79 Å². The third kappa shape index (κ3) is 3.47. The number of piperazine rings is 1. The van der Waals surface area contributed by atoms with Gasteiger partial charge in [-0.3, -0.25) is 4.79 Å². The van der Waals surface area contributed by atoms with Gasteiger partial charge in [-0.2, -0.15) is 0 Å². The van der Waals surface area contributed by atoms with Crippen molar-refractivity contribution in [2.24, 2.45) is 0 Å². The van der Waals surface area contributed by atoms with Crippen LogP contribution in [0.3, 0.4) is 0 Å². The van der Waals surface area contributed by atoms with E-state index in [4.69, 9.17) is 4.74 Å². The molecule has 98 valence electrons. The Balaban J connectivity index is 1.84. The zero-order chi connectivity index (χ0) is 13.0. The lowest BCUT2D eigenvalue weighted by Crippen LogP contribution is -2.52. The smallest absolute Gasteiger partial charge is 0.260 e. The largest absolute Gasteiger partial charge is 0.484 e. The molecule has 2 rings (SSSR count). The number of hydrogen-bond donors (Lipinski definition) is 1. The van der Waals surface area contributed by atoms with Gasteiger partial charge in [-0.05, 0) is 31.5 Å². The molecule has 0 aliphatic carbocycles. The molecule has 0 aromatic heterocycles. The fourth-order valence-electron chi connectivity index (χ4n) is 2.10. The monoisotopic (exact) mass is 248 g/mol. The van der Waals surface area contributed by atoms with E-state index in [1.54, 1.807) is 0 Å². The molecule has 1 unspecified atom stereocenters. The topological polar surface area (TPSA) is 41.6 Å². The highest BCUT2D eigenvalue weighted by Crippen LogP contribution is 2.12. The number of carbonyl (C=O) groups excluding carboxylic acids is 1. The van der Waals surface area contributed by atoms with Crippen LogP contribution in [0.5, 0.6) is 5.75 Å². The summed E-state index contributed by atoms with van der Waals surface area (Å²) < 4.78 is 5.53. The van der Waals surface area contributed by atoms with Gasteiger partial charge < -0.3 is 15.0 Å². The Kier molecular flexibility index (Phi) is 4.20. The van der Waals surface area contributed by atoms with Crippen LogP contribution in [0.4, 0.5) is 0 Å². The number of ether oxygens (including phenoxy) is 1. The summed E-state index contributed by atoms with van der Waals surface area (Å²) in [5, 5.41) is 3.31. The first-order valence-electron chi connectivity index (χ1n) is 6.36. The Morgan fingerprint density at radius 3 is 3.11 bits per heavy atom. The van der Waals surface area contributed by atoms with E-state index < -0.39 is 0 Å². The molecule has 0 spiro atoms. The van der Waals surface area contributed by atoms with E-state index in [2.05, 4.69) is 12.2 Å². The molecule has 1 aromatic rings. The first-order valence-corrected chi connectivity index (χ1v) is 6.36. The molecule has 4 heteroatoms. The zero-order valence-electron chi connectivity index (χ0n) is 11.0. The standard InChI is InChI=1S/C14H20N2O2/c1-11-4-3-5-13(8-11)18-10-14(17)16-7-6-15-12(2)9-16/h3-5,8,12,15H,6-7,9-10H2,1-2H3. The van der Waals surface area contributed by atoms with Crippen LogP contribution in [0.1, 0.15) is 12.5 Å². The number of carbonyl (C=O) groups is 1. The average molecular weight is 248 g/mol. The molecule has 18 heavy (non-hydrogen) atoms. The fourth-order valence-corrected chi connectivity index (χ4v) is 2.10. The van der Waals surface area contributed by atoms with Crippen molar-refractivity contribution in [3.63, 3.8) is 0 Å². The van der Waals surface area contributed by atoms with Gasteiger partial charge >= 0.3 is 0 Å². The lowest BCUT2D eigenvalue weighted by molar-refractivity contribution is -0.134. The average Bonchev–Trinajstić information content (AvgIpc) is 2.36. The van der Waals surface area contributed by atoms with E-state index in [9.17, 15) is 4.79 Å². The molecule has 1 amide bonds. The lowest BCUT2D eigenvalue weighted by atomic mass is 10.2. The molecule has 1 fully saturated rings. The van der Waals surface area contributed by atoms with Gasteiger partial charge in [0.1, 0.15) is 5.75 Å². The van der Waals surface area contributed by atoms with Crippen molar-refractivity contribution >= 4 is 5.91 Å². The highest BCUT2D eigenvalue weighted by Gasteiger charge is 2.20. The quantitative estimate of drug-likeness (QED) is 0.873. The summed E-state index contributed by atoms with van der Waals surface area (Å²) in [4.78, 5) is 13.8. The predicted octanol–water partition coefficient (Wildman–Crippen LogP) is 1.19. The molecule has 1 aromatic carbocycles. The zero-order valence-corrected chi connectivity index (χ0v) is 11.0. The maximum absolute atomic E-state index is 12.0. The van der Waals surface area contributed by atoms with Crippen molar-refractivity contribution in [3.05, 3.63) is 29.8 Å². The van der Waals surface area contributed by atoms with Gasteiger partial charge in [0.05, 0.1) is 0 Å². The Bertz CT molecular complexity index is 420. The highest BCUT2D eigenvalue weighted by atomic mass is 16.5. The van der Waals surface area contributed by atoms with Crippen molar-refractivity contribution in [2.75, 3.05) is 26.2 Å². The summed E-state index contributed by atoms with van der Waals surface area (Å²) in [5.41, 5.74) is 1.13. The van der Waals surface area contributed by atoms with Gasteiger partial charge in [-0.15, -0.1) is 0 Å². The van der Waals surface area contributed by atoms with Crippen molar-refractivity contribution < 1.29 is 9.53 Å². The van der Waals surface area contributed by atoms with E-state index in [1.807, 2.05) is 36.1 Å². The molecule has 1 aliphatic heterocycles. The minimum Gasteiger partial charge on any atom is -0.484 e. The van der Waals surface area contributed by atoms with Crippen molar-refractivity contribution in [1.29, 1.82) is 0 Å². The molecule has 0 radical (unpaired) electrons. The number of amides is 1. The van der Waals surface area contributed by atoms with Crippen molar-refractivity contribution in [2.45, 2.75) is 19.9 Å². The molecular formula is C14H20N2O2. The van der Waals surface area contributed by atoms with E-state index in [-0.39, 0.29) is 12.5 Å². The SMILES string of the molecule is Cc1cccc(OCC(=O)N2CCNC(C)C2)c1. The lowest BCUT2D eigenvalue weighted by Gasteiger charge is -2.31. The van der Waals surface area contributed by atoms with Gasteiger partial charge in [0.15, 0.2) is 6.61 Å². The Hall–Kier alpha value is -1.55. The summed E-state index contributed by atoms with van der Waals surface area (Å²) >= 11 is 0. The van der Waals surface area contributed by atoms with Gasteiger partial charge in [0.25, 0.3) is 5.91 Å². The van der Waals surface area contributed by atoms with Crippen LogP contribution in [0.15, 0.2) is 24.3 Å². The predicted molar refractivity (Wildman–Crippen MR) is 70.7 cm³/mol. The molecule has 1 aliphatic rings.